The van der Waals surface area contributed by atoms with Gasteiger partial charge in [-0.15, -0.1) is 5.10 Å². The lowest BCUT2D eigenvalue weighted by atomic mass is 10.0. The van der Waals surface area contributed by atoms with E-state index in [-0.39, 0.29) is 66.1 Å². The van der Waals surface area contributed by atoms with E-state index in [1.54, 1.807) is 48.3 Å². The topological polar surface area (TPSA) is 222 Å². The van der Waals surface area contributed by atoms with E-state index in [0.717, 1.165) is 4.57 Å². The number of carbonyl (C=O) groups is 4. The van der Waals surface area contributed by atoms with Crippen molar-refractivity contribution < 1.29 is 37.1 Å². The molecule has 6 aromatic rings. The summed E-state index contributed by atoms with van der Waals surface area (Å²) in [5, 5.41) is 20.8. The Morgan fingerprint density at radius 2 is 1.79 bits per heavy atom. The quantitative estimate of drug-likeness (QED) is 0.0865. The first kappa shape index (κ1) is 40.6. The third kappa shape index (κ3) is 8.34. The first-order valence-corrected chi connectivity index (χ1v) is 18.9. The van der Waals surface area contributed by atoms with Gasteiger partial charge in [-0.3, -0.25) is 33.7 Å². The standard InChI is InChI=1S/C38H32ClF3N12O7/c1-50-13-21-10-29(23(39)11-28(21)48-50)44-36-46-37(59)54(38(60)53(36)15-20-9-25(41)26(42)12-24(20)40)17-22-16-51(49-47-22)7-8-61-18-32(56)43-27-4-2-3-19-14-52(35(58)33(19)27)30-5-6-31(55)45-34(30)57/h2-4,9-13,16,30H,5-8,14-15,17-18H2,1H3,(H,43,56)(H,44,46,59)(H,45,55,57). The number of nitrogens with zero attached hydrogens (tertiary/aromatic N) is 9. The number of aryl methyl sites for hydroxylation is 1. The van der Waals surface area contributed by atoms with Crippen molar-refractivity contribution in [2.75, 3.05) is 23.8 Å². The molecular formula is C38H32ClF3N12O7. The van der Waals surface area contributed by atoms with Crippen LogP contribution in [0.4, 0.5) is 30.5 Å². The van der Waals surface area contributed by atoms with Crippen molar-refractivity contribution in [1.82, 2.24) is 49.1 Å². The Bertz CT molecular complexity index is 2910. The summed E-state index contributed by atoms with van der Waals surface area (Å²) < 4.78 is 52.8. The lowest BCUT2D eigenvalue weighted by Gasteiger charge is -2.29. The molecule has 0 bridgehead atoms. The number of piperidine rings is 1. The molecular weight excluding hydrogens is 829 g/mol. The maximum Gasteiger partial charge on any atom is 0.355 e. The Morgan fingerprint density at radius 3 is 2.59 bits per heavy atom. The number of imide groups is 1. The van der Waals surface area contributed by atoms with Crippen LogP contribution in [0.5, 0.6) is 0 Å². The van der Waals surface area contributed by atoms with E-state index < -0.39 is 83.8 Å². The fourth-order valence-corrected chi connectivity index (χ4v) is 7.26. The van der Waals surface area contributed by atoms with Crippen LogP contribution in [-0.4, -0.2) is 86.7 Å². The molecule has 3 aromatic carbocycles. The summed E-state index contributed by atoms with van der Waals surface area (Å²) in [5.41, 5.74) is -0.469. The van der Waals surface area contributed by atoms with Crippen LogP contribution < -0.4 is 27.3 Å². The van der Waals surface area contributed by atoms with E-state index in [1.807, 2.05) is 0 Å². The molecule has 5 heterocycles. The fourth-order valence-electron chi connectivity index (χ4n) is 7.05. The average Bonchev–Trinajstić information content (AvgIpc) is 3.91. The van der Waals surface area contributed by atoms with Crippen LogP contribution in [0.1, 0.15) is 40.0 Å². The van der Waals surface area contributed by atoms with Gasteiger partial charge in [0.25, 0.3) is 5.91 Å². The molecule has 0 aliphatic carbocycles. The number of anilines is 3. The van der Waals surface area contributed by atoms with E-state index in [9.17, 15) is 41.9 Å². The predicted molar refractivity (Wildman–Crippen MR) is 208 cm³/mol. The van der Waals surface area contributed by atoms with E-state index >= 15 is 0 Å². The molecule has 1 unspecified atom stereocenters. The number of amides is 4. The summed E-state index contributed by atoms with van der Waals surface area (Å²) in [6.45, 7) is -1.34. The van der Waals surface area contributed by atoms with Crippen LogP contribution in [0.15, 0.2) is 64.4 Å². The number of hydrogen-bond donors (Lipinski definition) is 3. The summed E-state index contributed by atoms with van der Waals surface area (Å²) in [6, 6.07) is 8.19. The van der Waals surface area contributed by atoms with Gasteiger partial charge in [-0.25, -0.2) is 32.0 Å². The average molecular weight is 861 g/mol. The zero-order chi connectivity index (χ0) is 43.1. The lowest BCUT2D eigenvalue weighted by molar-refractivity contribution is -0.137. The minimum atomic E-state index is -1.43. The number of nitrogens with one attached hydrogen (secondary N) is 3. The molecule has 0 saturated carbocycles. The number of hydrogen-bond acceptors (Lipinski definition) is 12. The first-order valence-electron chi connectivity index (χ1n) is 18.5. The molecule has 314 valence electrons. The van der Waals surface area contributed by atoms with E-state index in [4.69, 9.17) is 16.3 Å². The Morgan fingerprint density at radius 1 is 0.984 bits per heavy atom. The van der Waals surface area contributed by atoms with Crippen molar-refractivity contribution in [2.45, 2.75) is 45.1 Å². The van der Waals surface area contributed by atoms with Gasteiger partial charge in [-0.05, 0) is 36.2 Å². The number of aromatic nitrogens is 8. The van der Waals surface area contributed by atoms with Crippen molar-refractivity contribution >= 4 is 63.5 Å². The molecule has 8 rings (SSSR count). The maximum absolute atomic E-state index is 14.9. The maximum atomic E-state index is 14.9. The monoisotopic (exact) mass is 860 g/mol. The Balaban J connectivity index is 0.928. The highest BCUT2D eigenvalue weighted by Crippen LogP contribution is 2.33. The summed E-state index contributed by atoms with van der Waals surface area (Å²) in [5.74, 6) is -6.28. The molecule has 0 spiro atoms. The van der Waals surface area contributed by atoms with E-state index in [2.05, 4.69) is 36.3 Å². The van der Waals surface area contributed by atoms with Gasteiger partial charge in [-0.1, -0.05) is 28.9 Å². The first-order chi connectivity index (χ1) is 29.2. The highest BCUT2D eigenvalue weighted by atomic mass is 35.5. The minimum absolute atomic E-state index is 0.0345. The number of ether oxygens (including phenoxy) is 1. The molecule has 2 aliphatic rings. The predicted octanol–water partition coefficient (Wildman–Crippen LogP) is 2.21. The smallest absolute Gasteiger partial charge is 0.355 e. The Kier molecular flexibility index (Phi) is 10.9. The molecule has 23 heteroatoms. The molecule has 0 radical (unpaired) electrons. The molecule has 4 amide bonds. The zero-order valence-electron chi connectivity index (χ0n) is 31.8. The Labute approximate surface area is 345 Å². The Hall–Kier alpha value is -7.20. The van der Waals surface area contributed by atoms with Crippen molar-refractivity contribution in [3.8, 4) is 0 Å². The summed E-state index contributed by atoms with van der Waals surface area (Å²) in [6.07, 6.45) is 3.41. The van der Waals surface area contributed by atoms with Gasteiger partial charge in [0.15, 0.2) is 11.6 Å². The second-order valence-electron chi connectivity index (χ2n) is 14.2. The second kappa shape index (κ2) is 16.5. The van der Waals surface area contributed by atoms with Gasteiger partial charge in [0.05, 0.1) is 59.9 Å². The van der Waals surface area contributed by atoms with Crippen LogP contribution in [-0.2, 0) is 52.3 Å². The molecule has 1 atom stereocenters. The number of fused-ring (bicyclic) bond motifs is 2. The van der Waals surface area contributed by atoms with Crippen molar-refractivity contribution in [3.63, 3.8) is 0 Å². The number of halogens is 4. The molecule has 3 N–H and O–H groups in total. The van der Waals surface area contributed by atoms with Crippen molar-refractivity contribution in [3.05, 3.63) is 121 Å². The summed E-state index contributed by atoms with van der Waals surface area (Å²) in [7, 11) is 1.70. The molecule has 1 fully saturated rings. The van der Waals surface area contributed by atoms with Crippen LogP contribution in [0.25, 0.3) is 10.9 Å². The van der Waals surface area contributed by atoms with Crippen LogP contribution >= 0.6 is 11.6 Å². The molecule has 61 heavy (non-hydrogen) atoms. The summed E-state index contributed by atoms with van der Waals surface area (Å²) >= 11 is 6.47. The van der Waals surface area contributed by atoms with Gasteiger partial charge < -0.3 is 20.3 Å². The number of carbonyl (C=O) groups excluding carboxylic acids is 4. The number of benzene rings is 3. The molecule has 19 nitrogen and oxygen atoms in total. The van der Waals surface area contributed by atoms with Gasteiger partial charge in [-0.2, -0.15) is 10.1 Å². The molecule has 1 saturated heterocycles. The minimum Gasteiger partial charge on any atom is -0.370 e. The SMILES string of the molecule is Cn1cc2cc(Nc3nc(=O)n(Cc4cn(CCOCC(=O)Nc5cccc6c5C(=O)N(C5CCC(=O)NC5=O)C6)nn4)c(=O)n3Cc3cc(F)c(F)cc3F)c(Cl)cc2n1. The lowest BCUT2D eigenvalue weighted by Crippen LogP contribution is -2.52. The summed E-state index contributed by atoms with van der Waals surface area (Å²) in [4.78, 5) is 82.8. The second-order valence-corrected chi connectivity index (χ2v) is 14.6. The van der Waals surface area contributed by atoms with Crippen molar-refractivity contribution in [1.29, 1.82) is 0 Å². The molecule has 2 aliphatic heterocycles. The third-order valence-corrected chi connectivity index (χ3v) is 10.3. The van der Waals surface area contributed by atoms with Crippen LogP contribution in [0.3, 0.4) is 0 Å². The van der Waals surface area contributed by atoms with Crippen LogP contribution in [0.2, 0.25) is 5.02 Å². The largest absolute Gasteiger partial charge is 0.370 e. The van der Waals surface area contributed by atoms with Gasteiger partial charge >= 0.3 is 11.4 Å². The third-order valence-electron chi connectivity index (χ3n) is 9.95. The number of rotatable bonds is 13. The van der Waals surface area contributed by atoms with Gasteiger partial charge in [0, 0.05) is 43.2 Å². The van der Waals surface area contributed by atoms with Gasteiger partial charge in [0.1, 0.15) is 24.2 Å². The molecule has 3 aromatic heterocycles. The normalized spacial score (nSPS) is 15.1. The van der Waals surface area contributed by atoms with Crippen LogP contribution in [0, 0.1) is 17.5 Å². The van der Waals surface area contributed by atoms with Crippen molar-refractivity contribution in [2.24, 2.45) is 7.05 Å². The fraction of sp³-hybridized carbons (Fsp3) is 0.263. The highest BCUT2D eigenvalue weighted by Gasteiger charge is 2.40. The zero-order valence-corrected chi connectivity index (χ0v) is 32.6. The highest BCUT2D eigenvalue weighted by molar-refractivity contribution is 6.34. The van der Waals surface area contributed by atoms with Gasteiger partial charge in [0.2, 0.25) is 23.7 Å². The van der Waals surface area contributed by atoms with E-state index in [1.165, 1.54) is 15.8 Å². The van der Waals surface area contributed by atoms with E-state index in [0.29, 0.717) is 33.2 Å².